The third-order valence-electron chi connectivity index (χ3n) is 1.90. The zero-order chi connectivity index (χ0) is 11.2. The lowest BCUT2D eigenvalue weighted by atomic mass is 10.4. The van der Waals surface area contributed by atoms with Gasteiger partial charge in [0.25, 0.3) is 0 Å². The number of H-pyrrole nitrogens is 1. The molecule has 16 heavy (non-hydrogen) atoms. The average molecular weight is 233 g/mol. The van der Waals surface area contributed by atoms with Gasteiger partial charge in [-0.2, -0.15) is 5.10 Å². The first kappa shape index (κ1) is 10.8. The maximum absolute atomic E-state index is 11.5. The zero-order valence-corrected chi connectivity index (χ0v) is 9.33. The van der Waals surface area contributed by atoms with Crippen molar-refractivity contribution in [3.8, 4) is 0 Å². The second-order valence-corrected chi connectivity index (χ2v) is 4.19. The highest BCUT2D eigenvalue weighted by Crippen LogP contribution is 2.16. The van der Waals surface area contributed by atoms with Crippen molar-refractivity contribution >= 4 is 23.4 Å². The predicted octanol–water partition coefficient (Wildman–Crippen LogP) is 2.14. The van der Waals surface area contributed by atoms with Crippen molar-refractivity contribution in [3.63, 3.8) is 0 Å². The van der Waals surface area contributed by atoms with E-state index >= 15 is 0 Å². The van der Waals surface area contributed by atoms with E-state index in [1.807, 2.05) is 30.3 Å². The number of benzene rings is 1. The number of hydrogen-bond donors (Lipinski definition) is 2. The Bertz CT molecular complexity index is 442. The summed E-state index contributed by atoms with van der Waals surface area (Å²) < 4.78 is 0. The van der Waals surface area contributed by atoms with E-state index in [1.165, 1.54) is 11.8 Å². The lowest BCUT2D eigenvalue weighted by Gasteiger charge is -2.02. The van der Waals surface area contributed by atoms with Crippen molar-refractivity contribution in [2.45, 2.75) is 4.90 Å². The Morgan fingerprint density at radius 3 is 2.88 bits per heavy atom. The molecule has 1 heterocycles. The number of thioether (sulfide) groups is 1. The third-order valence-corrected chi connectivity index (χ3v) is 2.91. The Hall–Kier alpha value is -1.75. The summed E-state index contributed by atoms with van der Waals surface area (Å²) in [5, 5.41) is 9.12. The number of rotatable bonds is 4. The molecule has 0 aliphatic heterocycles. The Labute approximate surface area is 97.5 Å². The Morgan fingerprint density at radius 1 is 1.38 bits per heavy atom. The van der Waals surface area contributed by atoms with Crippen LogP contribution in [0, 0.1) is 0 Å². The van der Waals surface area contributed by atoms with Crippen LogP contribution in [-0.4, -0.2) is 21.9 Å². The Morgan fingerprint density at radius 2 is 2.19 bits per heavy atom. The van der Waals surface area contributed by atoms with Gasteiger partial charge in [-0.05, 0) is 12.1 Å². The summed E-state index contributed by atoms with van der Waals surface area (Å²) in [6.07, 6.45) is 3.22. The monoisotopic (exact) mass is 233 g/mol. The summed E-state index contributed by atoms with van der Waals surface area (Å²) in [4.78, 5) is 12.6. The highest BCUT2D eigenvalue weighted by Gasteiger charge is 2.03. The Balaban J connectivity index is 1.80. The van der Waals surface area contributed by atoms with Crippen LogP contribution in [0.3, 0.4) is 0 Å². The summed E-state index contributed by atoms with van der Waals surface area (Å²) in [5.41, 5.74) is 0.693. The van der Waals surface area contributed by atoms with E-state index in [1.54, 1.807) is 12.4 Å². The molecule has 0 atom stereocenters. The first-order valence-corrected chi connectivity index (χ1v) is 5.79. The molecule has 1 amide bonds. The minimum atomic E-state index is -0.0322. The molecule has 0 saturated heterocycles. The molecule has 2 aromatic rings. The summed E-state index contributed by atoms with van der Waals surface area (Å²) in [6, 6.07) is 9.83. The van der Waals surface area contributed by atoms with Crippen molar-refractivity contribution in [2.24, 2.45) is 0 Å². The molecule has 5 heteroatoms. The number of anilines is 1. The van der Waals surface area contributed by atoms with Crippen LogP contribution >= 0.6 is 11.8 Å². The molecule has 0 unspecified atom stereocenters. The molecule has 0 aliphatic rings. The minimum absolute atomic E-state index is 0.0322. The van der Waals surface area contributed by atoms with Crippen LogP contribution in [-0.2, 0) is 4.79 Å². The maximum atomic E-state index is 11.5. The van der Waals surface area contributed by atoms with Gasteiger partial charge in [-0.25, -0.2) is 0 Å². The fourth-order valence-electron chi connectivity index (χ4n) is 1.18. The van der Waals surface area contributed by atoms with Crippen LogP contribution in [0.5, 0.6) is 0 Å². The van der Waals surface area contributed by atoms with Crippen molar-refractivity contribution in [2.75, 3.05) is 11.1 Å². The molecule has 2 rings (SSSR count). The molecular weight excluding hydrogens is 222 g/mol. The van der Waals surface area contributed by atoms with Gasteiger partial charge >= 0.3 is 0 Å². The topological polar surface area (TPSA) is 57.8 Å². The molecule has 0 spiro atoms. The first-order chi connectivity index (χ1) is 7.84. The van der Waals surface area contributed by atoms with Crippen LogP contribution in [0.2, 0.25) is 0 Å². The van der Waals surface area contributed by atoms with Crippen LogP contribution in [0.4, 0.5) is 5.69 Å². The number of aromatic amines is 1. The largest absolute Gasteiger partial charge is 0.323 e. The van der Waals surface area contributed by atoms with Crippen LogP contribution in [0.1, 0.15) is 0 Å². The molecule has 2 N–H and O–H groups in total. The van der Waals surface area contributed by atoms with Gasteiger partial charge in [-0.15, -0.1) is 11.8 Å². The molecule has 1 aromatic carbocycles. The number of aromatic nitrogens is 2. The van der Waals surface area contributed by atoms with Crippen molar-refractivity contribution in [1.29, 1.82) is 0 Å². The first-order valence-electron chi connectivity index (χ1n) is 4.81. The van der Waals surface area contributed by atoms with Gasteiger partial charge in [-0.1, -0.05) is 18.2 Å². The van der Waals surface area contributed by atoms with Gasteiger partial charge in [0.05, 0.1) is 17.6 Å². The van der Waals surface area contributed by atoms with Gasteiger partial charge in [0.2, 0.25) is 5.91 Å². The van der Waals surface area contributed by atoms with Gasteiger partial charge in [0.1, 0.15) is 0 Å². The van der Waals surface area contributed by atoms with Gasteiger partial charge in [0, 0.05) is 11.1 Å². The van der Waals surface area contributed by atoms with E-state index in [9.17, 15) is 4.79 Å². The molecule has 82 valence electrons. The molecule has 4 nitrogen and oxygen atoms in total. The fraction of sp³-hybridized carbons (Fsp3) is 0.0909. The number of hydrogen-bond acceptors (Lipinski definition) is 3. The predicted molar refractivity (Wildman–Crippen MR) is 64.4 cm³/mol. The summed E-state index contributed by atoms with van der Waals surface area (Å²) in [6.45, 7) is 0. The van der Waals surface area contributed by atoms with E-state index in [0.717, 1.165) is 4.90 Å². The number of nitrogens with one attached hydrogen (secondary N) is 2. The summed E-state index contributed by atoms with van der Waals surface area (Å²) in [5.74, 6) is 0.366. The maximum Gasteiger partial charge on any atom is 0.234 e. The SMILES string of the molecule is O=C(CSc1ccccc1)Nc1cn[nH]c1. The van der Waals surface area contributed by atoms with E-state index in [2.05, 4.69) is 15.5 Å². The molecule has 1 aromatic heterocycles. The number of nitrogens with zero attached hydrogens (tertiary/aromatic N) is 1. The summed E-state index contributed by atoms with van der Waals surface area (Å²) >= 11 is 1.51. The van der Waals surface area contributed by atoms with Crippen molar-refractivity contribution in [3.05, 3.63) is 42.7 Å². The number of carbonyl (C=O) groups is 1. The fourth-order valence-corrected chi connectivity index (χ4v) is 1.90. The summed E-state index contributed by atoms with van der Waals surface area (Å²) in [7, 11) is 0. The third kappa shape index (κ3) is 3.13. The van der Waals surface area contributed by atoms with E-state index in [4.69, 9.17) is 0 Å². The van der Waals surface area contributed by atoms with Gasteiger partial charge in [0.15, 0.2) is 0 Å². The minimum Gasteiger partial charge on any atom is -0.323 e. The highest BCUT2D eigenvalue weighted by molar-refractivity contribution is 8.00. The van der Waals surface area contributed by atoms with Crippen LogP contribution < -0.4 is 5.32 Å². The molecule has 0 radical (unpaired) electrons. The van der Waals surface area contributed by atoms with Crippen molar-refractivity contribution < 1.29 is 4.79 Å². The second kappa shape index (κ2) is 5.37. The number of carbonyl (C=O) groups excluding carboxylic acids is 1. The number of amides is 1. The average Bonchev–Trinajstić information content (AvgIpc) is 2.81. The van der Waals surface area contributed by atoms with Gasteiger partial charge in [-0.3, -0.25) is 9.89 Å². The highest BCUT2D eigenvalue weighted by atomic mass is 32.2. The van der Waals surface area contributed by atoms with Crippen LogP contribution in [0.15, 0.2) is 47.6 Å². The molecule has 0 aliphatic carbocycles. The van der Waals surface area contributed by atoms with Gasteiger partial charge < -0.3 is 5.32 Å². The standard InChI is InChI=1S/C11H11N3OS/c15-11(14-9-6-12-13-7-9)8-16-10-4-2-1-3-5-10/h1-7H,8H2,(H,12,13)(H,14,15). The van der Waals surface area contributed by atoms with E-state index in [-0.39, 0.29) is 5.91 Å². The lowest BCUT2D eigenvalue weighted by Crippen LogP contribution is -2.13. The van der Waals surface area contributed by atoms with Crippen molar-refractivity contribution in [1.82, 2.24) is 10.2 Å². The zero-order valence-electron chi connectivity index (χ0n) is 8.51. The van der Waals surface area contributed by atoms with E-state index < -0.39 is 0 Å². The molecular formula is C11H11N3OS. The normalized spacial score (nSPS) is 10.0. The lowest BCUT2D eigenvalue weighted by molar-refractivity contribution is -0.113. The molecule has 0 fully saturated rings. The Kier molecular flexibility index (Phi) is 3.61. The van der Waals surface area contributed by atoms with Crippen LogP contribution in [0.25, 0.3) is 0 Å². The smallest absolute Gasteiger partial charge is 0.234 e. The molecule has 0 bridgehead atoms. The molecule has 0 saturated carbocycles. The quantitative estimate of drug-likeness (QED) is 0.795. The second-order valence-electron chi connectivity index (χ2n) is 3.14. The van der Waals surface area contributed by atoms with E-state index in [0.29, 0.717) is 11.4 Å².